The van der Waals surface area contributed by atoms with Crippen LogP contribution in [0.15, 0.2) is 58.2 Å². The summed E-state index contributed by atoms with van der Waals surface area (Å²) in [6.45, 7) is 0. The molecule has 0 saturated heterocycles. The number of rotatable bonds is 5. The van der Waals surface area contributed by atoms with E-state index in [-0.39, 0.29) is 10.5 Å². The van der Waals surface area contributed by atoms with Gasteiger partial charge in [0.15, 0.2) is 0 Å². The number of aromatic nitrogens is 4. The van der Waals surface area contributed by atoms with Crippen LogP contribution >= 0.6 is 15.9 Å². The molecule has 140 valence electrons. The molecule has 3 rings (SSSR count). The monoisotopic (exact) mass is 451 g/mol. The fourth-order valence-corrected chi connectivity index (χ4v) is 3.98. The standard InChI is InChI=1S/C16H14BrN5O4S/c1-21(2)27(24,25)15-9-11(3-8-14(15)17)16(23)26-13-6-4-12(5-7-13)22-10-18-19-20-22/h3-10H,1-2H3. The first kappa shape index (κ1) is 19.1. The predicted octanol–water partition coefficient (Wildman–Crippen LogP) is 1.89. The number of carbonyl (C=O) groups excluding carboxylic acids is 1. The normalized spacial score (nSPS) is 11.6. The molecule has 0 aliphatic heterocycles. The molecule has 0 saturated carbocycles. The summed E-state index contributed by atoms with van der Waals surface area (Å²) in [6, 6.07) is 10.8. The van der Waals surface area contributed by atoms with E-state index < -0.39 is 16.0 Å². The van der Waals surface area contributed by atoms with Crippen molar-refractivity contribution in [3.8, 4) is 11.4 Å². The van der Waals surface area contributed by atoms with Crippen LogP contribution < -0.4 is 4.74 Å². The Morgan fingerprint density at radius 1 is 1.15 bits per heavy atom. The summed E-state index contributed by atoms with van der Waals surface area (Å²) in [6.07, 6.45) is 1.44. The lowest BCUT2D eigenvalue weighted by molar-refractivity contribution is 0.0734. The molecule has 0 N–H and O–H groups in total. The Kier molecular flexibility index (Phi) is 5.35. The molecule has 0 spiro atoms. The maximum atomic E-state index is 12.4. The van der Waals surface area contributed by atoms with Gasteiger partial charge in [-0.3, -0.25) is 0 Å². The van der Waals surface area contributed by atoms with Crippen molar-refractivity contribution in [1.82, 2.24) is 24.5 Å². The lowest BCUT2D eigenvalue weighted by atomic mass is 10.2. The Labute approximate surface area is 163 Å². The molecule has 11 heteroatoms. The number of carbonyl (C=O) groups is 1. The van der Waals surface area contributed by atoms with E-state index >= 15 is 0 Å². The molecule has 0 aliphatic carbocycles. The van der Waals surface area contributed by atoms with Gasteiger partial charge in [0, 0.05) is 18.6 Å². The van der Waals surface area contributed by atoms with Crippen LogP contribution in [0.25, 0.3) is 5.69 Å². The highest BCUT2D eigenvalue weighted by Crippen LogP contribution is 2.26. The van der Waals surface area contributed by atoms with Crippen LogP contribution in [0.5, 0.6) is 5.75 Å². The number of halogens is 1. The van der Waals surface area contributed by atoms with Crippen molar-refractivity contribution in [3.63, 3.8) is 0 Å². The summed E-state index contributed by atoms with van der Waals surface area (Å²) >= 11 is 3.20. The van der Waals surface area contributed by atoms with Gasteiger partial charge in [0.05, 0.1) is 16.1 Å². The third-order valence-corrected chi connectivity index (χ3v) is 6.40. The molecule has 0 atom stereocenters. The molecule has 0 radical (unpaired) electrons. The second-order valence-corrected chi connectivity index (χ2v) is 8.55. The largest absolute Gasteiger partial charge is 0.423 e. The van der Waals surface area contributed by atoms with Crippen LogP contribution in [0.2, 0.25) is 0 Å². The van der Waals surface area contributed by atoms with Gasteiger partial charge in [0.2, 0.25) is 10.0 Å². The number of ether oxygens (including phenoxy) is 1. The molecule has 0 amide bonds. The minimum Gasteiger partial charge on any atom is -0.423 e. The van der Waals surface area contributed by atoms with Crippen molar-refractivity contribution in [1.29, 1.82) is 0 Å². The highest BCUT2D eigenvalue weighted by Gasteiger charge is 2.22. The molecule has 3 aromatic rings. The van der Waals surface area contributed by atoms with Gasteiger partial charge in [-0.15, -0.1) is 5.10 Å². The molecule has 1 heterocycles. The number of hydrogen-bond donors (Lipinski definition) is 0. The first-order chi connectivity index (χ1) is 12.8. The van der Waals surface area contributed by atoms with Crippen molar-refractivity contribution in [2.24, 2.45) is 0 Å². The number of sulfonamides is 1. The highest BCUT2D eigenvalue weighted by atomic mass is 79.9. The summed E-state index contributed by atoms with van der Waals surface area (Å²) in [4.78, 5) is 12.4. The van der Waals surface area contributed by atoms with Crippen molar-refractivity contribution >= 4 is 31.9 Å². The van der Waals surface area contributed by atoms with Gasteiger partial charge in [0.1, 0.15) is 12.1 Å². The zero-order valence-electron chi connectivity index (χ0n) is 14.3. The quantitative estimate of drug-likeness (QED) is 0.430. The van der Waals surface area contributed by atoms with Gasteiger partial charge in [-0.25, -0.2) is 22.2 Å². The Morgan fingerprint density at radius 3 is 2.44 bits per heavy atom. The van der Waals surface area contributed by atoms with Gasteiger partial charge in [-0.05, 0) is 68.8 Å². The van der Waals surface area contributed by atoms with E-state index in [1.807, 2.05) is 0 Å². The Hall–Kier alpha value is -2.63. The topological polar surface area (TPSA) is 107 Å². The average Bonchev–Trinajstić information content (AvgIpc) is 3.17. The van der Waals surface area contributed by atoms with Gasteiger partial charge in [-0.2, -0.15) is 0 Å². The van der Waals surface area contributed by atoms with Crippen LogP contribution in [0.1, 0.15) is 10.4 Å². The van der Waals surface area contributed by atoms with Crippen molar-refractivity contribution < 1.29 is 17.9 Å². The van der Waals surface area contributed by atoms with Crippen molar-refractivity contribution in [2.45, 2.75) is 4.90 Å². The van der Waals surface area contributed by atoms with Crippen LogP contribution in [-0.2, 0) is 10.0 Å². The minimum atomic E-state index is -3.71. The zero-order chi connectivity index (χ0) is 19.6. The highest BCUT2D eigenvalue weighted by molar-refractivity contribution is 9.10. The number of esters is 1. The van der Waals surface area contributed by atoms with E-state index in [1.165, 1.54) is 43.3 Å². The maximum Gasteiger partial charge on any atom is 0.343 e. The Morgan fingerprint density at radius 2 is 1.85 bits per heavy atom. The number of nitrogens with zero attached hydrogens (tertiary/aromatic N) is 5. The zero-order valence-corrected chi connectivity index (χ0v) is 16.7. The predicted molar refractivity (Wildman–Crippen MR) is 99.1 cm³/mol. The Balaban J connectivity index is 1.82. The summed E-state index contributed by atoms with van der Waals surface area (Å²) in [5.74, 6) is -0.371. The van der Waals surface area contributed by atoms with Crippen LogP contribution in [0.4, 0.5) is 0 Å². The van der Waals surface area contributed by atoms with E-state index in [2.05, 4.69) is 31.5 Å². The van der Waals surface area contributed by atoms with Gasteiger partial charge in [-0.1, -0.05) is 0 Å². The smallest absolute Gasteiger partial charge is 0.343 e. The molecule has 0 fully saturated rings. The summed E-state index contributed by atoms with van der Waals surface area (Å²) in [5, 5.41) is 10.9. The van der Waals surface area contributed by atoms with Crippen LogP contribution in [-0.4, -0.2) is 53.0 Å². The fourth-order valence-electron chi connectivity index (χ4n) is 2.14. The van der Waals surface area contributed by atoms with Gasteiger partial charge in [0.25, 0.3) is 0 Å². The van der Waals surface area contributed by atoms with E-state index in [1.54, 1.807) is 24.3 Å². The lowest BCUT2D eigenvalue weighted by Crippen LogP contribution is -2.23. The van der Waals surface area contributed by atoms with E-state index in [4.69, 9.17) is 4.74 Å². The molecule has 0 bridgehead atoms. The molecule has 0 aliphatic rings. The number of tetrazole rings is 1. The lowest BCUT2D eigenvalue weighted by Gasteiger charge is -2.14. The molecule has 2 aromatic carbocycles. The van der Waals surface area contributed by atoms with E-state index in [0.717, 1.165) is 4.31 Å². The fraction of sp³-hybridized carbons (Fsp3) is 0.125. The molecule has 27 heavy (non-hydrogen) atoms. The number of benzene rings is 2. The number of hydrogen-bond acceptors (Lipinski definition) is 7. The van der Waals surface area contributed by atoms with Crippen LogP contribution in [0.3, 0.4) is 0 Å². The van der Waals surface area contributed by atoms with Crippen molar-refractivity contribution in [2.75, 3.05) is 14.1 Å². The molecular formula is C16H14BrN5O4S. The van der Waals surface area contributed by atoms with Gasteiger partial charge < -0.3 is 4.74 Å². The SMILES string of the molecule is CN(C)S(=O)(=O)c1cc(C(=O)Oc2ccc(-n3cnnn3)cc2)ccc1Br. The summed E-state index contributed by atoms with van der Waals surface area (Å²) < 4.78 is 32.9. The molecule has 1 aromatic heterocycles. The molecule has 0 unspecified atom stereocenters. The first-order valence-electron chi connectivity index (χ1n) is 7.57. The summed E-state index contributed by atoms with van der Waals surface area (Å²) in [5.41, 5.74) is 0.811. The summed E-state index contributed by atoms with van der Waals surface area (Å²) in [7, 11) is -0.879. The molecular weight excluding hydrogens is 438 g/mol. The van der Waals surface area contributed by atoms with Crippen LogP contribution in [0, 0.1) is 0 Å². The molecule has 9 nitrogen and oxygen atoms in total. The maximum absolute atomic E-state index is 12.4. The third-order valence-electron chi connectivity index (χ3n) is 3.59. The van der Waals surface area contributed by atoms with E-state index in [9.17, 15) is 13.2 Å². The average molecular weight is 452 g/mol. The second-order valence-electron chi connectivity index (χ2n) is 5.57. The van der Waals surface area contributed by atoms with Gasteiger partial charge >= 0.3 is 5.97 Å². The second kappa shape index (κ2) is 7.55. The van der Waals surface area contributed by atoms with E-state index in [0.29, 0.717) is 15.9 Å². The van der Waals surface area contributed by atoms with Crippen molar-refractivity contribution in [3.05, 3.63) is 58.8 Å². The minimum absolute atomic E-state index is 0.0176. The first-order valence-corrected chi connectivity index (χ1v) is 9.80. The Bertz CT molecular complexity index is 1070. The third kappa shape index (κ3) is 4.04.